The van der Waals surface area contributed by atoms with E-state index < -0.39 is 35.5 Å². The van der Waals surface area contributed by atoms with Gasteiger partial charge < -0.3 is 15.2 Å². The monoisotopic (exact) mass is 259 g/mol. The van der Waals surface area contributed by atoms with Crippen LogP contribution >= 0.6 is 0 Å². The molecule has 0 bridgehead atoms. The predicted octanol–water partition coefficient (Wildman–Crippen LogP) is 2.23. The topological polar surface area (TPSA) is 75.6 Å². The van der Waals surface area contributed by atoms with E-state index in [9.17, 15) is 14.0 Å². The Labute approximate surface area is 105 Å². The first-order chi connectivity index (χ1) is 8.19. The molecule has 5 nitrogen and oxygen atoms in total. The summed E-state index contributed by atoms with van der Waals surface area (Å²) in [7, 11) is 0. The van der Waals surface area contributed by atoms with Crippen LogP contribution in [0.4, 0.5) is 9.18 Å². The molecule has 0 fully saturated rings. The Hall–Kier alpha value is -1.59. The second-order valence-corrected chi connectivity index (χ2v) is 5.29. The van der Waals surface area contributed by atoms with Crippen LogP contribution < -0.4 is 5.32 Å². The number of nitrogens with one attached hydrogen (secondary N) is 1. The summed E-state index contributed by atoms with van der Waals surface area (Å²) in [6.45, 7) is 5.09. The highest BCUT2D eigenvalue weighted by Crippen LogP contribution is 2.25. The third kappa shape index (κ3) is 4.35. The molecule has 2 N–H and O–H groups in total. The van der Waals surface area contributed by atoms with E-state index in [2.05, 4.69) is 5.32 Å². The van der Waals surface area contributed by atoms with Crippen LogP contribution in [0.15, 0.2) is 11.9 Å². The van der Waals surface area contributed by atoms with Crippen molar-refractivity contribution in [2.75, 3.05) is 0 Å². The number of halogens is 1. The van der Waals surface area contributed by atoms with Gasteiger partial charge in [0.25, 0.3) is 0 Å². The highest BCUT2D eigenvalue weighted by Gasteiger charge is 2.33. The number of carboxylic acids is 1. The molecule has 0 aromatic rings. The van der Waals surface area contributed by atoms with Gasteiger partial charge in [0.05, 0.1) is 17.8 Å². The zero-order valence-corrected chi connectivity index (χ0v) is 10.7. The summed E-state index contributed by atoms with van der Waals surface area (Å²) >= 11 is 0. The smallest absolute Gasteiger partial charge is 0.407 e. The first kappa shape index (κ1) is 14.5. The minimum absolute atomic E-state index is 0.0711. The molecule has 6 heteroatoms. The normalized spacial score (nSPS) is 24.1. The summed E-state index contributed by atoms with van der Waals surface area (Å²) in [5.74, 6) is -2.29. The lowest BCUT2D eigenvalue weighted by molar-refractivity contribution is -0.142. The van der Waals surface area contributed by atoms with Crippen molar-refractivity contribution in [1.82, 2.24) is 5.32 Å². The fraction of sp³-hybridized carbons (Fsp3) is 0.667. The minimum atomic E-state index is -1.06. The Morgan fingerprint density at radius 2 is 2.11 bits per heavy atom. The van der Waals surface area contributed by atoms with Crippen molar-refractivity contribution in [3.05, 3.63) is 11.9 Å². The van der Waals surface area contributed by atoms with Gasteiger partial charge >= 0.3 is 12.1 Å². The number of hydrogen-bond donors (Lipinski definition) is 2. The molecule has 1 aliphatic rings. The number of aliphatic carboxylic acids is 1. The lowest BCUT2D eigenvalue weighted by atomic mass is 9.88. The zero-order chi connectivity index (χ0) is 13.9. The maximum atomic E-state index is 13.1. The molecule has 0 saturated carbocycles. The van der Waals surface area contributed by atoms with E-state index in [4.69, 9.17) is 9.84 Å². The number of carbonyl (C=O) groups excluding carboxylic acids is 1. The number of hydrogen-bond acceptors (Lipinski definition) is 3. The molecule has 0 saturated heterocycles. The van der Waals surface area contributed by atoms with E-state index >= 15 is 0 Å². The Morgan fingerprint density at radius 1 is 1.50 bits per heavy atom. The third-order valence-electron chi connectivity index (χ3n) is 2.51. The van der Waals surface area contributed by atoms with Crippen molar-refractivity contribution in [3.8, 4) is 0 Å². The van der Waals surface area contributed by atoms with Gasteiger partial charge in [0, 0.05) is 6.42 Å². The first-order valence-corrected chi connectivity index (χ1v) is 5.76. The molecular weight excluding hydrogens is 241 g/mol. The Kier molecular flexibility index (Phi) is 4.32. The lowest BCUT2D eigenvalue weighted by Crippen LogP contribution is -2.46. The largest absolute Gasteiger partial charge is 0.481 e. The first-order valence-electron chi connectivity index (χ1n) is 5.76. The number of carbonyl (C=O) groups is 2. The molecule has 0 aromatic carbocycles. The van der Waals surface area contributed by atoms with E-state index in [-0.39, 0.29) is 12.8 Å². The van der Waals surface area contributed by atoms with Crippen LogP contribution in [0.2, 0.25) is 0 Å². The summed E-state index contributed by atoms with van der Waals surface area (Å²) in [6, 6.07) is -0.776. The number of carboxylic acid groups (broad SMARTS) is 1. The van der Waals surface area contributed by atoms with Gasteiger partial charge in [-0.1, -0.05) is 6.08 Å². The molecular formula is C12H18FNO4. The van der Waals surface area contributed by atoms with Crippen LogP contribution in [0, 0.1) is 5.92 Å². The van der Waals surface area contributed by atoms with Crippen molar-refractivity contribution in [2.45, 2.75) is 45.3 Å². The quantitative estimate of drug-likeness (QED) is 0.797. The molecule has 18 heavy (non-hydrogen) atoms. The van der Waals surface area contributed by atoms with Gasteiger partial charge in [0.1, 0.15) is 5.60 Å². The number of rotatable bonds is 2. The molecule has 0 aromatic heterocycles. The molecule has 1 rings (SSSR count). The molecule has 2 atom stereocenters. The van der Waals surface area contributed by atoms with Gasteiger partial charge in [-0.25, -0.2) is 9.18 Å². The second-order valence-electron chi connectivity index (χ2n) is 5.29. The van der Waals surface area contributed by atoms with Crippen LogP contribution in [0.1, 0.15) is 33.6 Å². The van der Waals surface area contributed by atoms with Crippen LogP contribution in [-0.2, 0) is 9.53 Å². The van der Waals surface area contributed by atoms with Crippen LogP contribution in [0.25, 0.3) is 0 Å². The maximum Gasteiger partial charge on any atom is 0.407 e. The van der Waals surface area contributed by atoms with Crippen LogP contribution in [0.3, 0.4) is 0 Å². The molecule has 2 unspecified atom stereocenters. The number of allylic oxidation sites excluding steroid dienone is 1. The lowest BCUT2D eigenvalue weighted by Gasteiger charge is -2.28. The summed E-state index contributed by atoms with van der Waals surface area (Å²) in [5, 5.41) is 11.4. The van der Waals surface area contributed by atoms with E-state index in [0.717, 1.165) is 0 Å². The van der Waals surface area contributed by atoms with Gasteiger partial charge in [-0.05, 0) is 27.2 Å². The average Bonchev–Trinajstić information content (AvgIpc) is 2.13. The minimum Gasteiger partial charge on any atom is -0.481 e. The maximum absolute atomic E-state index is 13.1. The van der Waals surface area contributed by atoms with E-state index in [1.165, 1.54) is 6.08 Å². The fourth-order valence-corrected chi connectivity index (χ4v) is 1.74. The van der Waals surface area contributed by atoms with Gasteiger partial charge in [-0.2, -0.15) is 0 Å². The molecule has 0 heterocycles. The molecule has 102 valence electrons. The zero-order valence-electron chi connectivity index (χ0n) is 10.7. The Bertz CT molecular complexity index is 373. The third-order valence-corrected chi connectivity index (χ3v) is 2.51. The van der Waals surface area contributed by atoms with E-state index in [1.807, 2.05) is 0 Å². The second kappa shape index (κ2) is 5.37. The number of amides is 1. The van der Waals surface area contributed by atoms with Crippen molar-refractivity contribution in [3.63, 3.8) is 0 Å². The van der Waals surface area contributed by atoms with Crippen molar-refractivity contribution in [1.29, 1.82) is 0 Å². The standard InChI is InChI=1S/C12H18FNO4/c1-12(2,3)18-11(17)14-9-6-7(13)4-5-8(9)10(15)16/h4,8-9H,5-6H2,1-3H3,(H,14,17)(H,15,16). The van der Waals surface area contributed by atoms with Crippen LogP contribution in [-0.4, -0.2) is 28.8 Å². The number of ether oxygens (including phenoxy) is 1. The highest BCUT2D eigenvalue weighted by molar-refractivity contribution is 5.74. The summed E-state index contributed by atoms with van der Waals surface area (Å²) in [6.07, 6.45) is 0.470. The molecule has 0 aliphatic heterocycles. The van der Waals surface area contributed by atoms with Crippen LogP contribution in [0.5, 0.6) is 0 Å². The van der Waals surface area contributed by atoms with Crippen molar-refractivity contribution in [2.24, 2.45) is 5.92 Å². The summed E-state index contributed by atoms with van der Waals surface area (Å²) in [4.78, 5) is 22.5. The highest BCUT2D eigenvalue weighted by atomic mass is 19.1. The molecule has 1 aliphatic carbocycles. The summed E-state index contributed by atoms with van der Waals surface area (Å²) < 4.78 is 18.2. The van der Waals surface area contributed by atoms with Gasteiger partial charge in [0.15, 0.2) is 0 Å². The fourth-order valence-electron chi connectivity index (χ4n) is 1.74. The van der Waals surface area contributed by atoms with E-state index in [0.29, 0.717) is 0 Å². The van der Waals surface area contributed by atoms with Crippen molar-refractivity contribution >= 4 is 12.1 Å². The summed E-state index contributed by atoms with van der Waals surface area (Å²) in [5.41, 5.74) is -0.675. The molecule has 0 spiro atoms. The SMILES string of the molecule is CC(C)(C)OC(=O)NC1CC(F)=CCC1C(=O)O. The predicted molar refractivity (Wildman–Crippen MR) is 62.7 cm³/mol. The average molecular weight is 259 g/mol. The van der Waals surface area contributed by atoms with Gasteiger partial charge in [0.2, 0.25) is 0 Å². The van der Waals surface area contributed by atoms with E-state index in [1.54, 1.807) is 20.8 Å². The Balaban J connectivity index is 2.66. The molecule has 1 amide bonds. The Morgan fingerprint density at radius 3 is 2.61 bits per heavy atom. The number of alkyl carbamates (subject to hydrolysis) is 1. The van der Waals surface area contributed by atoms with Gasteiger partial charge in [-0.15, -0.1) is 0 Å². The molecule has 0 radical (unpaired) electrons. The van der Waals surface area contributed by atoms with Gasteiger partial charge in [-0.3, -0.25) is 4.79 Å². The van der Waals surface area contributed by atoms with Crippen molar-refractivity contribution < 1.29 is 23.8 Å².